The van der Waals surface area contributed by atoms with Gasteiger partial charge in [-0.3, -0.25) is 4.68 Å². The lowest BCUT2D eigenvalue weighted by atomic mass is 10.3. The maximum Gasteiger partial charge on any atom is 0.252 e. The number of hydrogen-bond donors (Lipinski definition) is 1. The van der Waals surface area contributed by atoms with E-state index in [1.54, 1.807) is 28.9 Å². The van der Waals surface area contributed by atoms with E-state index in [0.717, 1.165) is 10.6 Å². The summed E-state index contributed by atoms with van der Waals surface area (Å²) < 4.78 is 34.4. The lowest BCUT2D eigenvalue weighted by Gasteiger charge is -2.18. The van der Waals surface area contributed by atoms with Gasteiger partial charge < -0.3 is 9.63 Å². The van der Waals surface area contributed by atoms with E-state index in [4.69, 9.17) is 4.52 Å². The molecule has 4 rings (SSSR count). The van der Waals surface area contributed by atoms with E-state index in [9.17, 15) is 13.5 Å². The van der Waals surface area contributed by atoms with Gasteiger partial charge in [0.05, 0.1) is 29.4 Å². The maximum atomic E-state index is 13.0. The highest BCUT2D eigenvalue weighted by Crippen LogP contribution is 2.32. The van der Waals surface area contributed by atoms with E-state index in [1.165, 1.54) is 21.9 Å². The van der Waals surface area contributed by atoms with Crippen LogP contribution in [0, 0.1) is 0 Å². The predicted octanol–water partition coefficient (Wildman–Crippen LogP) is 1.69. The molecule has 10 heteroatoms. The van der Waals surface area contributed by atoms with Gasteiger partial charge in [-0.1, -0.05) is 5.16 Å². The minimum Gasteiger partial charge on any atom is -0.390 e. The predicted molar refractivity (Wildman–Crippen MR) is 90.2 cm³/mol. The summed E-state index contributed by atoms with van der Waals surface area (Å²) in [5.41, 5.74) is 1.96. The summed E-state index contributed by atoms with van der Waals surface area (Å²) >= 11 is 1.17. The number of thiophene rings is 1. The highest BCUT2D eigenvalue weighted by atomic mass is 32.2. The second kappa shape index (κ2) is 6.37. The molecule has 0 saturated carbocycles. The Morgan fingerprint density at radius 2 is 2.16 bits per heavy atom. The van der Waals surface area contributed by atoms with Crippen molar-refractivity contribution in [2.75, 3.05) is 6.54 Å². The highest BCUT2D eigenvalue weighted by molar-refractivity contribution is 7.91. The molecule has 4 heterocycles. The number of rotatable bonds is 4. The number of aliphatic hydroxyl groups excluding tert-OH is 1. The fraction of sp³-hybridized carbons (Fsp3) is 0.333. The number of sulfonamides is 1. The van der Waals surface area contributed by atoms with E-state index >= 15 is 0 Å². The van der Waals surface area contributed by atoms with Gasteiger partial charge in [-0.2, -0.15) is 9.40 Å². The Labute approximate surface area is 148 Å². The van der Waals surface area contributed by atoms with Gasteiger partial charge in [-0.25, -0.2) is 8.42 Å². The van der Waals surface area contributed by atoms with Crippen molar-refractivity contribution in [3.05, 3.63) is 41.9 Å². The third kappa shape index (κ3) is 3.01. The van der Waals surface area contributed by atoms with Crippen molar-refractivity contribution < 1.29 is 18.0 Å². The largest absolute Gasteiger partial charge is 0.390 e. The van der Waals surface area contributed by atoms with E-state index in [0.29, 0.717) is 30.9 Å². The SMILES string of the molecule is O=S(=O)(c1ccc(-c2ccon2)s1)N1CCCn2nc(CO)cc2C1. The number of aromatic nitrogens is 3. The molecule has 0 radical (unpaired) electrons. The number of aryl methyl sites for hydroxylation is 1. The average molecular weight is 380 g/mol. The van der Waals surface area contributed by atoms with E-state index in [2.05, 4.69) is 10.3 Å². The van der Waals surface area contributed by atoms with Crippen LogP contribution < -0.4 is 0 Å². The quantitative estimate of drug-likeness (QED) is 0.739. The number of fused-ring (bicyclic) bond motifs is 1. The molecule has 8 nitrogen and oxygen atoms in total. The first-order valence-electron chi connectivity index (χ1n) is 7.75. The second-order valence-corrected chi connectivity index (χ2v) is 8.95. The van der Waals surface area contributed by atoms with Gasteiger partial charge in [0.1, 0.15) is 16.2 Å². The van der Waals surface area contributed by atoms with Crippen LogP contribution >= 0.6 is 11.3 Å². The molecular formula is C15H16N4O4S2. The van der Waals surface area contributed by atoms with Gasteiger partial charge in [-0.15, -0.1) is 11.3 Å². The summed E-state index contributed by atoms with van der Waals surface area (Å²) in [4.78, 5) is 0.745. The molecule has 1 aliphatic heterocycles. The standard InChI is InChI=1S/C15H16N4O4S2/c20-10-11-8-12-9-18(5-1-6-19(12)16-11)25(21,22)15-3-2-14(24-15)13-4-7-23-17-13/h2-4,7-8,20H,1,5-6,9-10H2. The summed E-state index contributed by atoms with van der Waals surface area (Å²) in [6, 6.07) is 6.79. The van der Waals surface area contributed by atoms with Crippen LogP contribution in [0.15, 0.2) is 39.3 Å². The van der Waals surface area contributed by atoms with Crippen LogP contribution in [-0.4, -0.2) is 39.3 Å². The van der Waals surface area contributed by atoms with Crippen LogP contribution in [0.25, 0.3) is 10.6 Å². The molecule has 0 amide bonds. The molecule has 0 spiro atoms. The van der Waals surface area contributed by atoms with Crippen LogP contribution in [-0.2, 0) is 29.7 Å². The van der Waals surface area contributed by atoms with Crippen LogP contribution in [0.1, 0.15) is 17.8 Å². The maximum absolute atomic E-state index is 13.0. The van der Waals surface area contributed by atoms with Gasteiger partial charge in [0, 0.05) is 19.2 Å². The minimum absolute atomic E-state index is 0.154. The monoisotopic (exact) mass is 380 g/mol. The molecule has 132 valence electrons. The molecule has 3 aromatic heterocycles. The molecule has 25 heavy (non-hydrogen) atoms. The van der Waals surface area contributed by atoms with Crippen LogP contribution in [0.3, 0.4) is 0 Å². The molecule has 0 saturated heterocycles. The third-order valence-electron chi connectivity index (χ3n) is 4.06. The first-order chi connectivity index (χ1) is 12.1. The van der Waals surface area contributed by atoms with Crippen molar-refractivity contribution in [1.29, 1.82) is 0 Å². The van der Waals surface area contributed by atoms with Crippen molar-refractivity contribution in [3.8, 4) is 10.6 Å². The Morgan fingerprint density at radius 1 is 1.28 bits per heavy atom. The van der Waals surface area contributed by atoms with Crippen LogP contribution in [0.4, 0.5) is 0 Å². The molecule has 0 unspecified atom stereocenters. The first kappa shape index (κ1) is 16.5. The zero-order chi connectivity index (χ0) is 17.4. The van der Waals surface area contributed by atoms with Crippen LogP contribution in [0.5, 0.6) is 0 Å². The zero-order valence-corrected chi connectivity index (χ0v) is 14.8. The molecule has 0 atom stereocenters. The Kier molecular flexibility index (Phi) is 4.20. The summed E-state index contributed by atoms with van der Waals surface area (Å²) in [5, 5.41) is 17.4. The Balaban J connectivity index is 1.63. The molecule has 0 aromatic carbocycles. The van der Waals surface area contributed by atoms with E-state index < -0.39 is 10.0 Å². The number of aliphatic hydroxyl groups is 1. The normalized spacial score (nSPS) is 15.9. The first-order valence-corrected chi connectivity index (χ1v) is 10.0. The van der Waals surface area contributed by atoms with Crippen molar-refractivity contribution in [2.45, 2.75) is 30.3 Å². The zero-order valence-electron chi connectivity index (χ0n) is 13.2. The Hall–Kier alpha value is -2.01. The molecule has 0 fully saturated rings. The fourth-order valence-corrected chi connectivity index (χ4v) is 5.71. The summed E-state index contributed by atoms with van der Waals surface area (Å²) in [5.74, 6) is 0. The highest BCUT2D eigenvalue weighted by Gasteiger charge is 2.29. The fourth-order valence-electron chi connectivity index (χ4n) is 2.84. The van der Waals surface area contributed by atoms with Crippen molar-refractivity contribution in [1.82, 2.24) is 19.2 Å². The summed E-state index contributed by atoms with van der Waals surface area (Å²) in [7, 11) is -3.61. The second-order valence-electron chi connectivity index (χ2n) is 5.70. The molecule has 3 aromatic rings. The lowest BCUT2D eigenvalue weighted by Crippen LogP contribution is -2.30. The van der Waals surface area contributed by atoms with E-state index in [-0.39, 0.29) is 17.4 Å². The lowest BCUT2D eigenvalue weighted by molar-refractivity contribution is 0.275. The summed E-state index contributed by atoms with van der Waals surface area (Å²) in [6.45, 7) is 1.15. The molecule has 0 aliphatic carbocycles. The van der Waals surface area contributed by atoms with Crippen molar-refractivity contribution >= 4 is 21.4 Å². The topological polar surface area (TPSA) is 101 Å². The molecule has 0 bridgehead atoms. The summed E-state index contributed by atoms with van der Waals surface area (Å²) in [6.07, 6.45) is 2.12. The minimum atomic E-state index is -3.61. The number of nitrogens with zero attached hydrogens (tertiary/aromatic N) is 4. The van der Waals surface area contributed by atoms with Gasteiger partial charge >= 0.3 is 0 Å². The van der Waals surface area contributed by atoms with Gasteiger partial charge in [-0.05, 0) is 24.6 Å². The average Bonchev–Trinajstić information content (AvgIpc) is 3.32. The van der Waals surface area contributed by atoms with E-state index in [1.807, 2.05) is 0 Å². The van der Waals surface area contributed by atoms with Gasteiger partial charge in [0.15, 0.2) is 0 Å². The van der Waals surface area contributed by atoms with Crippen molar-refractivity contribution in [3.63, 3.8) is 0 Å². The number of hydrogen-bond acceptors (Lipinski definition) is 7. The molecule has 1 N–H and O–H groups in total. The van der Waals surface area contributed by atoms with Crippen molar-refractivity contribution in [2.24, 2.45) is 0 Å². The van der Waals surface area contributed by atoms with Gasteiger partial charge in [0.25, 0.3) is 10.0 Å². The Bertz CT molecular complexity index is 975. The Morgan fingerprint density at radius 3 is 2.92 bits per heavy atom. The molecular weight excluding hydrogens is 364 g/mol. The third-order valence-corrected chi connectivity index (χ3v) is 7.48. The van der Waals surface area contributed by atoms with Gasteiger partial charge in [0.2, 0.25) is 0 Å². The molecule has 1 aliphatic rings. The smallest absolute Gasteiger partial charge is 0.252 e. The van der Waals surface area contributed by atoms with Crippen LogP contribution in [0.2, 0.25) is 0 Å².